The van der Waals surface area contributed by atoms with E-state index in [9.17, 15) is 14.7 Å². The number of carbonyl (C=O) groups excluding carboxylic acids is 1. The molecule has 3 rings (SSSR count). The molecule has 128 valence electrons. The molecular weight excluding hydrogens is 358 g/mol. The van der Waals surface area contributed by atoms with Crippen LogP contribution < -0.4 is 10.7 Å². The number of nitrogens with zero attached hydrogens (tertiary/aromatic N) is 1. The predicted octanol–water partition coefficient (Wildman–Crippen LogP) is 2.86. The molecular formula is C17H15N3O3S2. The third kappa shape index (κ3) is 3.92. The lowest BCUT2D eigenvalue weighted by atomic mass is 10.1. The van der Waals surface area contributed by atoms with Gasteiger partial charge in [0.05, 0.1) is 11.3 Å². The molecule has 3 N–H and O–H groups in total. The Hall–Kier alpha value is -2.58. The van der Waals surface area contributed by atoms with Crippen molar-refractivity contribution in [3.05, 3.63) is 65.7 Å². The quantitative estimate of drug-likeness (QED) is 0.711. The highest BCUT2D eigenvalue weighted by molar-refractivity contribution is 8.00. The smallest absolute Gasteiger partial charge is 0.336 e. The van der Waals surface area contributed by atoms with Gasteiger partial charge in [0.2, 0.25) is 0 Å². The Bertz CT molecular complexity index is 814. The molecule has 1 saturated heterocycles. The van der Waals surface area contributed by atoms with Gasteiger partial charge >= 0.3 is 5.97 Å². The van der Waals surface area contributed by atoms with Crippen LogP contribution in [0, 0.1) is 0 Å². The molecule has 0 bridgehead atoms. The number of thiocarbonyl (C=S) groups is 1. The molecule has 1 amide bonds. The fourth-order valence-electron chi connectivity index (χ4n) is 2.47. The van der Waals surface area contributed by atoms with E-state index in [1.165, 1.54) is 22.8 Å². The van der Waals surface area contributed by atoms with Crippen molar-refractivity contribution >= 4 is 46.7 Å². The summed E-state index contributed by atoms with van der Waals surface area (Å²) in [5.41, 5.74) is 4.40. The highest BCUT2D eigenvalue weighted by atomic mass is 32.2. The number of para-hydroxylation sites is 1. The molecule has 0 aliphatic carbocycles. The average molecular weight is 373 g/mol. The Balaban J connectivity index is 1.79. The van der Waals surface area contributed by atoms with Crippen LogP contribution in [0.2, 0.25) is 0 Å². The summed E-state index contributed by atoms with van der Waals surface area (Å²) in [5.74, 6) is -0.938. The molecule has 0 saturated carbocycles. The van der Waals surface area contributed by atoms with E-state index in [0.717, 1.165) is 5.69 Å². The Morgan fingerprint density at radius 2 is 1.84 bits per heavy atom. The van der Waals surface area contributed by atoms with Gasteiger partial charge in [-0.05, 0) is 30.4 Å². The van der Waals surface area contributed by atoms with Crippen molar-refractivity contribution in [3.63, 3.8) is 0 Å². The normalized spacial score (nSPS) is 16.6. The van der Waals surface area contributed by atoms with E-state index in [2.05, 4.69) is 10.7 Å². The van der Waals surface area contributed by atoms with E-state index in [4.69, 9.17) is 12.2 Å². The largest absolute Gasteiger partial charge is 0.478 e. The zero-order valence-electron chi connectivity index (χ0n) is 13.0. The highest BCUT2D eigenvalue weighted by Gasteiger charge is 2.35. The molecule has 1 fully saturated rings. The van der Waals surface area contributed by atoms with Crippen LogP contribution in [-0.2, 0) is 4.79 Å². The number of rotatable bonds is 4. The lowest BCUT2D eigenvalue weighted by Gasteiger charge is -2.26. The van der Waals surface area contributed by atoms with E-state index in [1.807, 2.05) is 30.3 Å². The molecule has 0 radical (unpaired) electrons. The van der Waals surface area contributed by atoms with Gasteiger partial charge in [0.15, 0.2) is 5.11 Å². The van der Waals surface area contributed by atoms with E-state index < -0.39 is 11.3 Å². The van der Waals surface area contributed by atoms with Gasteiger partial charge in [-0.1, -0.05) is 36.4 Å². The summed E-state index contributed by atoms with van der Waals surface area (Å²) < 4.78 is 0. The van der Waals surface area contributed by atoms with Crippen molar-refractivity contribution in [1.82, 2.24) is 10.4 Å². The highest BCUT2D eigenvalue weighted by Crippen LogP contribution is 2.38. The van der Waals surface area contributed by atoms with Gasteiger partial charge in [0.1, 0.15) is 5.37 Å². The molecule has 2 aromatic rings. The standard InChI is InChI=1S/C17H15N3O3S2/c21-14-10-25-15(12-8-4-5-9-13(12)16(22)23)20(14)19-17(24)18-11-6-2-1-3-7-11/h1-9,15H,10H2,(H,22,23)(H2,18,19,24)/t15-/m0/s1. The maximum absolute atomic E-state index is 12.2. The summed E-state index contributed by atoms with van der Waals surface area (Å²) >= 11 is 6.63. The van der Waals surface area contributed by atoms with Crippen LogP contribution in [0.25, 0.3) is 0 Å². The molecule has 0 aromatic heterocycles. The van der Waals surface area contributed by atoms with Crippen LogP contribution in [0.3, 0.4) is 0 Å². The molecule has 1 aliphatic heterocycles. The number of nitrogens with one attached hydrogen (secondary N) is 2. The number of amides is 1. The van der Waals surface area contributed by atoms with Crippen molar-refractivity contribution in [1.29, 1.82) is 0 Å². The van der Waals surface area contributed by atoms with Crippen LogP contribution >= 0.6 is 24.0 Å². The number of carbonyl (C=O) groups is 2. The van der Waals surface area contributed by atoms with Crippen LogP contribution in [0.15, 0.2) is 54.6 Å². The number of carboxylic acids is 1. The fraction of sp³-hybridized carbons (Fsp3) is 0.118. The van der Waals surface area contributed by atoms with Crippen LogP contribution in [0.4, 0.5) is 5.69 Å². The number of anilines is 1. The number of thioether (sulfide) groups is 1. The zero-order valence-corrected chi connectivity index (χ0v) is 14.6. The van der Waals surface area contributed by atoms with Crippen LogP contribution in [-0.4, -0.2) is 32.9 Å². The van der Waals surface area contributed by atoms with Gasteiger partial charge in [-0.2, -0.15) is 0 Å². The van der Waals surface area contributed by atoms with E-state index in [-0.39, 0.29) is 22.3 Å². The second-order valence-electron chi connectivity index (χ2n) is 5.25. The molecule has 1 aliphatic rings. The maximum Gasteiger partial charge on any atom is 0.336 e. The van der Waals surface area contributed by atoms with Crippen molar-refractivity contribution in [2.75, 3.05) is 11.1 Å². The molecule has 1 atom stereocenters. The van der Waals surface area contributed by atoms with E-state index >= 15 is 0 Å². The van der Waals surface area contributed by atoms with Gasteiger partial charge in [0, 0.05) is 11.3 Å². The molecule has 25 heavy (non-hydrogen) atoms. The van der Waals surface area contributed by atoms with Gasteiger partial charge in [-0.25, -0.2) is 9.80 Å². The van der Waals surface area contributed by atoms with Crippen molar-refractivity contribution in [2.24, 2.45) is 0 Å². The van der Waals surface area contributed by atoms with Crippen LogP contribution in [0.1, 0.15) is 21.3 Å². The topological polar surface area (TPSA) is 81.7 Å². The number of hydrogen-bond donors (Lipinski definition) is 3. The maximum atomic E-state index is 12.2. The van der Waals surface area contributed by atoms with Crippen molar-refractivity contribution in [2.45, 2.75) is 5.37 Å². The minimum atomic E-state index is -1.03. The summed E-state index contributed by atoms with van der Waals surface area (Å²) in [5, 5.41) is 13.6. The SMILES string of the molecule is O=C(O)c1ccccc1[C@@H]1SCC(=O)N1NC(=S)Nc1ccccc1. The number of aromatic carboxylic acids is 1. The van der Waals surface area contributed by atoms with Gasteiger partial charge < -0.3 is 10.4 Å². The van der Waals surface area contributed by atoms with Gasteiger partial charge in [0.25, 0.3) is 5.91 Å². The summed E-state index contributed by atoms with van der Waals surface area (Å²) in [6.45, 7) is 0. The average Bonchev–Trinajstić information content (AvgIpc) is 2.96. The molecule has 0 spiro atoms. The number of hydrazine groups is 1. The second kappa shape index (κ2) is 7.54. The zero-order chi connectivity index (χ0) is 17.8. The lowest BCUT2D eigenvalue weighted by Crippen LogP contribution is -2.46. The first-order valence-corrected chi connectivity index (χ1v) is 8.90. The first-order chi connectivity index (χ1) is 12.1. The molecule has 1 heterocycles. The first-order valence-electron chi connectivity index (χ1n) is 7.45. The van der Waals surface area contributed by atoms with Gasteiger partial charge in [-0.3, -0.25) is 10.2 Å². The summed E-state index contributed by atoms with van der Waals surface area (Å²) in [7, 11) is 0. The minimum Gasteiger partial charge on any atom is -0.478 e. The fourth-order valence-corrected chi connectivity index (χ4v) is 3.83. The summed E-state index contributed by atoms with van der Waals surface area (Å²) in [4.78, 5) is 23.7. The predicted molar refractivity (Wildman–Crippen MR) is 101 cm³/mol. The van der Waals surface area contributed by atoms with Gasteiger partial charge in [-0.15, -0.1) is 11.8 Å². The third-order valence-corrected chi connectivity index (χ3v) is 4.97. The van der Waals surface area contributed by atoms with E-state index in [1.54, 1.807) is 18.2 Å². The Kier molecular flexibility index (Phi) is 5.20. The number of hydrogen-bond acceptors (Lipinski definition) is 4. The molecule has 6 nitrogen and oxygen atoms in total. The van der Waals surface area contributed by atoms with Crippen LogP contribution in [0.5, 0.6) is 0 Å². The first kappa shape index (κ1) is 17.2. The Morgan fingerprint density at radius 1 is 1.16 bits per heavy atom. The third-order valence-electron chi connectivity index (χ3n) is 3.58. The van der Waals surface area contributed by atoms with Crippen molar-refractivity contribution < 1.29 is 14.7 Å². The Labute approximate surface area is 154 Å². The number of benzene rings is 2. The summed E-state index contributed by atoms with van der Waals surface area (Å²) in [6.07, 6.45) is 0. The second-order valence-corrected chi connectivity index (χ2v) is 6.73. The molecule has 8 heteroatoms. The number of carboxylic acid groups (broad SMARTS) is 1. The monoisotopic (exact) mass is 373 g/mol. The van der Waals surface area contributed by atoms with E-state index in [0.29, 0.717) is 5.56 Å². The molecule has 2 aromatic carbocycles. The Morgan fingerprint density at radius 3 is 2.56 bits per heavy atom. The van der Waals surface area contributed by atoms with Crippen molar-refractivity contribution in [3.8, 4) is 0 Å². The lowest BCUT2D eigenvalue weighted by molar-refractivity contribution is -0.129. The minimum absolute atomic E-state index is 0.160. The molecule has 0 unspecified atom stereocenters. The summed E-state index contributed by atoms with van der Waals surface area (Å²) in [6, 6.07) is 16.0.